The van der Waals surface area contributed by atoms with Gasteiger partial charge in [-0.05, 0) is 34.7 Å². The normalized spacial score (nSPS) is 17.3. The van der Waals surface area contributed by atoms with E-state index < -0.39 is 11.5 Å². The lowest BCUT2D eigenvalue weighted by Crippen LogP contribution is -2.41. The molecule has 6 nitrogen and oxygen atoms in total. The van der Waals surface area contributed by atoms with Crippen LogP contribution in [-0.4, -0.2) is 31.0 Å². The Morgan fingerprint density at radius 3 is 2.23 bits per heavy atom. The molecule has 35 heavy (non-hydrogen) atoms. The molecule has 1 aliphatic heterocycles. The Bertz CT molecular complexity index is 1260. The lowest BCUT2D eigenvalue weighted by atomic mass is 9.85. The van der Waals surface area contributed by atoms with Crippen LogP contribution in [0.1, 0.15) is 54.2 Å². The van der Waals surface area contributed by atoms with Gasteiger partial charge >= 0.3 is 0 Å². The number of amides is 1. The van der Waals surface area contributed by atoms with E-state index in [1.165, 1.54) is 4.90 Å². The van der Waals surface area contributed by atoms with Crippen LogP contribution in [-0.2, 0) is 22.4 Å². The van der Waals surface area contributed by atoms with Gasteiger partial charge in [-0.15, -0.1) is 0 Å². The third-order valence-electron chi connectivity index (χ3n) is 6.52. The predicted octanol–water partition coefficient (Wildman–Crippen LogP) is 5.01. The number of nitrogens with zero attached hydrogens (tertiary/aromatic N) is 1. The Hall–Kier alpha value is -3.64. The fraction of sp³-hybridized carbons (Fsp3) is 0.310. The third kappa shape index (κ3) is 4.54. The van der Waals surface area contributed by atoms with E-state index in [2.05, 4.69) is 20.8 Å². The molecule has 0 spiro atoms. The van der Waals surface area contributed by atoms with Crippen molar-refractivity contribution in [1.82, 2.24) is 0 Å². The Morgan fingerprint density at radius 2 is 1.60 bits per heavy atom. The first-order chi connectivity index (χ1) is 16.6. The summed E-state index contributed by atoms with van der Waals surface area (Å²) in [6.45, 7) is 6.53. The molecule has 0 saturated heterocycles. The molecule has 0 radical (unpaired) electrons. The quantitative estimate of drug-likeness (QED) is 0.488. The maximum atomic E-state index is 13.6. The lowest BCUT2D eigenvalue weighted by Gasteiger charge is -2.23. The molecule has 4 rings (SSSR count). The molecule has 1 aliphatic rings. The summed E-state index contributed by atoms with van der Waals surface area (Å²) in [4.78, 5) is 28.3. The maximum Gasteiger partial charge on any atom is 0.264 e. The molecule has 0 saturated carbocycles. The van der Waals surface area contributed by atoms with Gasteiger partial charge in [0.15, 0.2) is 22.9 Å². The molecular weight excluding hydrogens is 442 g/mol. The van der Waals surface area contributed by atoms with E-state index in [0.29, 0.717) is 28.3 Å². The number of ether oxygens (including phenoxy) is 2. The number of aliphatic hydroxyl groups is 1. The molecule has 1 amide bonds. The van der Waals surface area contributed by atoms with Crippen molar-refractivity contribution in [1.29, 1.82) is 0 Å². The second kappa shape index (κ2) is 9.19. The molecule has 1 N–H and O–H groups in total. The van der Waals surface area contributed by atoms with Gasteiger partial charge in [-0.25, -0.2) is 0 Å². The fourth-order valence-electron chi connectivity index (χ4n) is 4.49. The molecule has 1 atom stereocenters. The van der Waals surface area contributed by atoms with Gasteiger partial charge in [-0.1, -0.05) is 69.3 Å². The number of anilines is 1. The van der Waals surface area contributed by atoms with Crippen LogP contribution in [0.4, 0.5) is 5.69 Å². The fourth-order valence-corrected chi connectivity index (χ4v) is 4.49. The van der Waals surface area contributed by atoms with Crippen LogP contribution < -0.4 is 14.4 Å². The first kappa shape index (κ1) is 24.5. The van der Waals surface area contributed by atoms with Gasteiger partial charge in [0.1, 0.15) is 0 Å². The molecular formula is C29H31NO5. The first-order valence-electron chi connectivity index (χ1n) is 11.6. The number of carbonyl (C=O) groups is 2. The summed E-state index contributed by atoms with van der Waals surface area (Å²) in [5, 5.41) is 11.6. The van der Waals surface area contributed by atoms with Crippen molar-refractivity contribution in [3.63, 3.8) is 0 Å². The summed E-state index contributed by atoms with van der Waals surface area (Å²) in [5.74, 6) is 0.329. The number of carbonyl (C=O) groups excluding carboxylic acids is 2. The number of hydrogen-bond acceptors (Lipinski definition) is 5. The van der Waals surface area contributed by atoms with Crippen molar-refractivity contribution in [2.24, 2.45) is 0 Å². The van der Waals surface area contributed by atoms with Gasteiger partial charge in [0.05, 0.1) is 32.9 Å². The van der Waals surface area contributed by atoms with Gasteiger partial charge < -0.3 is 19.5 Å². The Morgan fingerprint density at radius 1 is 0.943 bits per heavy atom. The largest absolute Gasteiger partial charge is 0.493 e. The van der Waals surface area contributed by atoms with Gasteiger partial charge in [-0.2, -0.15) is 0 Å². The monoisotopic (exact) mass is 473 g/mol. The Balaban J connectivity index is 1.63. The molecule has 1 unspecified atom stereocenters. The number of fused-ring (bicyclic) bond motifs is 1. The van der Waals surface area contributed by atoms with E-state index in [0.717, 1.165) is 11.1 Å². The second-order valence-electron chi connectivity index (χ2n) is 9.89. The van der Waals surface area contributed by atoms with E-state index in [4.69, 9.17) is 9.47 Å². The minimum absolute atomic E-state index is 0.0369. The summed E-state index contributed by atoms with van der Waals surface area (Å²) in [6.07, 6.45) is -0.333. The summed E-state index contributed by atoms with van der Waals surface area (Å²) in [5.41, 5.74) is 1.43. The highest BCUT2D eigenvalue weighted by Gasteiger charge is 2.50. The predicted molar refractivity (Wildman–Crippen MR) is 135 cm³/mol. The van der Waals surface area contributed by atoms with Crippen LogP contribution in [0.5, 0.6) is 11.5 Å². The molecule has 182 valence electrons. The molecule has 0 aromatic heterocycles. The maximum absolute atomic E-state index is 13.6. The summed E-state index contributed by atoms with van der Waals surface area (Å²) in [6, 6.07) is 19.9. The second-order valence-corrected chi connectivity index (χ2v) is 9.89. The highest BCUT2D eigenvalue weighted by atomic mass is 16.5. The number of methoxy groups -OCH3 is 2. The number of ketones is 1. The van der Waals surface area contributed by atoms with E-state index in [9.17, 15) is 14.7 Å². The van der Waals surface area contributed by atoms with Crippen molar-refractivity contribution < 1.29 is 24.2 Å². The molecule has 0 bridgehead atoms. The third-order valence-corrected chi connectivity index (χ3v) is 6.52. The van der Waals surface area contributed by atoms with Gasteiger partial charge in [0.2, 0.25) is 0 Å². The summed E-state index contributed by atoms with van der Waals surface area (Å²) in [7, 11) is 3.11. The van der Waals surface area contributed by atoms with Crippen LogP contribution in [0, 0.1) is 0 Å². The lowest BCUT2D eigenvalue weighted by molar-refractivity contribution is -0.136. The molecule has 3 aromatic carbocycles. The van der Waals surface area contributed by atoms with Crippen molar-refractivity contribution >= 4 is 17.4 Å². The van der Waals surface area contributed by atoms with Crippen molar-refractivity contribution in [2.45, 2.75) is 44.8 Å². The topological polar surface area (TPSA) is 76.1 Å². The summed E-state index contributed by atoms with van der Waals surface area (Å²) < 4.78 is 10.7. The van der Waals surface area contributed by atoms with Crippen molar-refractivity contribution in [3.8, 4) is 11.5 Å². The van der Waals surface area contributed by atoms with Crippen LogP contribution in [0.3, 0.4) is 0 Å². The SMILES string of the molecule is COc1ccc(CN2C(=O)C(O)(CC(=O)c3ccc(C(C)(C)C)cc3)c3ccccc32)cc1OC. The van der Waals surface area contributed by atoms with E-state index in [-0.39, 0.29) is 24.2 Å². The zero-order chi connectivity index (χ0) is 25.4. The molecule has 6 heteroatoms. The molecule has 1 heterocycles. The average molecular weight is 474 g/mol. The molecule has 0 fully saturated rings. The molecule has 3 aromatic rings. The zero-order valence-electron chi connectivity index (χ0n) is 20.8. The molecule has 0 aliphatic carbocycles. The minimum atomic E-state index is -1.94. The standard InChI is InChI=1S/C29H31NO5/c1-28(2,3)21-13-11-20(12-14-21)24(31)17-29(33)22-8-6-7-9-23(22)30(27(29)32)18-19-10-15-25(34-4)26(16-19)35-5/h6-16,33H,17-18H2,1-5H3. The van der Waals surface area contributed by atoms with Crippen molar-refractivity contribution in [3.05, 3.63) is 89.0 Å². The van der Waals surface area contributed by atoms with E-state index in [1.54, 1.807) is 56.7 Å². The smallest absolute Gasteiger partial charge is 0.264 e. The highest BCUT2D eigenvalue weighted by Crippen LogP contribution is 2.44. The van der Waals surface area contributed by atoms with E-state index in [1.807, 2.05) is 24.3 Å². The number of benzene rings is 3. The van der Waals surface area contributed by atoms with Gasteiger partial charge in [0.25, 0.3) is 5.91 Å². The minimum Gasteiger partial charge on any atom is -0.493 e. The average Bonchev–Trinajstić information content (AvgIpc) is 3.05. The van der Waals surface area contributed by atoms with Crippen LogP contribution in [0.2, 0.25) is 0 Å². The number of para-hydroxylation sites is 1. The van der Waals surface area contributed by atoms with Gasteiger partial charge in [0, 0.05) is 11.1 Å². The number of hydrogen-bond donors (Lipinski definition) is 1. The Kier molecular flexibility index (Phi) is 6.43. The summed E-state index contributed by atoms with van der Waals surface area (Å²) >= 11 is 0. The van der Waals surface area contributed by atoms with Gasteiger partial charge in [-0.3, -0.25) is 9.59 Å². The van der Waals surface area contributed by atoms with Crippen LogP contribution >= 0.6 is 0 Å². The Labute approximate surface area is 206 Å². The zero-order valence-corrected chi connectivity index (χ0v) is 20.8. The van der Waals surface area contributed by atoms with Crippen LogP contribution in [0.25, 0.3) is 0 Å². The number of Topliss-reactive ketones (excluding diaryl/α,β-unsaturated/α-hetero) is 1. The number of rotatable bonds is 7. The highest BCUT2D eigenvalue weighted by molar-refractivity contribution is 6.10. The van der Waals surface area contributed by atoms with Crippen molar-refractivity contribution in [2.75, 3.05) is 19.1 Å². The van der Waals surface area contributed by atoms with Crippen LogP contribution in [0.15, 0.2) is 66.7 Å². The van der Waals surface area contributed by atoms with E-state index >= 15 is 0 Å². The first-order valence-corrected chi connectivity index (χ1v) is 11.6.